The molecule has 14 heteroatoms. The van der Waals surface area contributed by atoms with Crippen molar-refractivity contribution in [2.24, 2.45) is 5.92 Å². The number of aliphatic hydroxyl groups is 4. The predicted octanol–water partition coefficient (Wildman–Crippen LogP) is 1.83. The summed E-state index contributed by atoms with van der Waals surface area (Å²) in [5.74, 6) is -0.182. The summed E-state index contributed by atoms with van der Waals surface area (Å²) < 4.78 is 39.5. The number of phenols is 1. The standard InChI is InChI=1S/C33H40O14/c1-15(2)9-26(37)47-31-28(38)16(3)43-32(30(31)40)42-14-20-11-23(36)29(39)33(45-20)44-19-10-21(34)27-22(35)13-24(46-25(27)12-19)17-5-7-18(41-4)8-6-17/h5-8,10,12-13,15-16,20,23,28-34,36,38-40H,9,11,14H2,1-4H3. The minimum absolute atomic E-state index is 0.00689. The van der Waals surface area contributed by atoms with E-state index in [0.29, 0.717) is 11.3 Å². The quantitative estimate of drug-likeness (QED) is 0.197. The molecule has 0 saturated carbocycles. The summed E-state index contributed by atoms with van der Waals surface area (Å²) in [5.41, 5.74) is 0.102. The third-order valence-electron chi connectivity index (χ3n) is 7.98. The molecule has 3 aromatic rings. The topological polar surface area (TPSA) is 204 Å². The number of phenolic OH excluding ortho intramolecular Hbond substituents is 1. The van der Waals surface area contributed by atoms with Crippen molar-refractivity contribution in [3.05, 3.63) is 52.7 Å². The number of hydrogen-bond donors (Lipinski definition) is 5. The summed E-state index contributed by atoms with van der Waals surface area (Å²) in [6, 6.07) is 10.6. The van der Waals surface area contributed by atoms with Crippen molar-refractivity contribution in [2.75, 3.05) is 13.7 Å². The van der Waals surface area contributed by atoms with E-state index in [2.05, 4.69) is 0 Å². The minimum Gasteiger partial charge on any atom is -0.507 e. The first-order valence-corrected chi connectivity index (χ1v) is 15.3. The molecule has 2 aromatic carbocycles. The van der Waals surface area contributed by atoms with Gasteiger partial charge >= 0.3 is 5.97 Å². The molecule has 0 amide bonds. The number of aliphatic hydroxyl groups excluding tert-OH is 4. The molecule has 5 N–H and O–H groups in total. The number of carbonyl (C=O) groups is 1. The van der Waals surface area contributed by atoms with Crippen LogP contribution in [0.2, 0.25) is 0 Å². The average Bonchev–Trinajstić information content (AvgIpc) is 3.02. The molecule has 2 aliphatic heterocycles. The highest BCUT2D eigenvalue weighted by Gasteiger charge is 2.47. The zero-order valence-corrected chi connectivity index (χ0v) is 26.3. The van der Waals surface area contributed by atoms with E-state index < -0.39 is 72.5 Å². The Bertz CT molecular complexity index is 1590. The minimum atomic E-state index is -1.53. The van der Waals surface area contributed by atoms with Crippen LogP contribution >= 0.6 is 0 Å². The predicted molar refractivity (Wildman–Crippen MR) is 164 cm³/mol. The fourth-order valence-corrected chi connectivity index (χ4v) is 5.47. The van der Waals surface area contributed by atoms with Crippen LogP contribution in [0.15, 0.2) is 51.7 Å². The van der Waals surface area contributed by atoms with E-state index in [-0.39, 0.29) is 47.8 Å². The van der Waals surface area contributed by atoms with E-state index in [0.717, 1.165) is 6.07 Å². The van der Waals surface area contributed by atoms with Crippen LogP contribution in [0.4, 0.5) is 0 Å². The lowest BCUT2D eigenvalue weighted by atomic mass is 9.99. The van der Waals surface area contributed by atoms with Gasteiger partial charge in [0.15, 0.2) is 17.8 Å². The number of rotatable bonds is 10. The van der Waals surface area contributed by atoms with E-state index in [1.165, 1.54) is 26.2 Å². The molecule has 0 bridgehead atoms. The summed E-state index contributed by atoms with van der Waals surface area (Å²) in [7, 11) is 1.53. The van der Waals surface area contributed by atoms with Gasteiger partial charge in [0.25, 0.3) is 0 Å². The molecule has 256 valence electrons. The van der Waals surface area contributed by atoms with E-state index in [9.17, 15) is 35.1 Å². The van der Waals surface area contributed by atoms with Crippen molar-refractivity contribution >= 4 is 16.9 Å². The van der Waals surface area contributed by atoms with Gasteiger partial charge in [0.2, 0.25) is 6.29 Å². The van der Waals surface area contributed by atoms with Crippen molar-refractivity contribution in [1.29, 1.82) is 0 Å². The highest BCUT2D eigenvalue weighted by atomic mass is 16.7. The molecule has 2 saturated heterocycles. The Hall–Kier alpha value is -3.76. The van der Waals surface area contributed by atoms with Gasteiger partial charge in [0.1, 0.15) is 52.3 Å². The fourth-order valence-electron chi connectivity index (χ4n) is 5.47. The Kier molecular flexibility index (Phi) is 10.7. The zero-order chi connectivity index (χ0) is 34.0. The van der Waals surface area contributed by atoms with Crippen molar-refractivity contribution in [1.82, 2.24) is 0 Å². The molecule has 9 atom stereocenters. The number of methoxy groups -OCH3 is 1. The number of fused-ring (bicyclic) bond motifs is 1. The molecule has 2 aliphatic rings. The van der Waals surface area contributed by atoms with Crippen LogP contribution in [0.1, 0.15) is 33.6 Å². The van der Waals surface area contributed by atoms with E-state index in [1.54, 1.807) is 24.3 Å². The van der Waals surface area contributed by atoms with Gasteiger partial charge in [-0.1, -0.05) is 13.8 Å². The average molecular weight is 661 g/mol. The monoisotopic (exact) mass is 660 g/mol. The summed E-state index contributed by atoms with van der Waals surface area (Å²) >= 11 is 0. The molecule has 0 spiro atoms. The molecule has 14 nitrogen and oxygen atoms in total. The number of ether oxygens (including phenoxy) is 6. The lowest BCUT2D eigenvalue weighted by molar-refractivity contribution is -0.309. The van der Waals surface area contributed by atoms with E-state index >= 15 is 0 Å². The van der Waals surface area contributed by atoms with Gasteiger partial charge in [0.05, 0.1) is 32.0 Å². The summed E-state index contributed by atoms with van der Waals surface area (Å²) in [6.07, 6.45) is -11.4. The fraction of sp³-hybridized carbons (Fsp3) is 0.515. The Morgan fingerprint density at radius 1 is 0.957 bits per heavy atom. The van der Waals surface area contributed by atoms with E-state index in [4.69, 9.17) is 32.8 Å². The van der Waals surface area contributed by atoms with Gasteiger partial charge in [-0.15, -0.1) is 0 Å². The normalized spacial score (nSPS) is 29.5. The van der Waals surface area contributed by atoms with Crippen molar-refractivity contribution in [3.8, 4) is 28.6 Å². The molecule has 0 aliphatic carbocycles. The van der Waals surface area contributed by atoms with Crippen LogP contribution in [0.5, 0.6) is 17.2 Å². The number of esters is 1. The Morgan fingerprint density at radius 3 is 2.36 bits per heavy atom. The SMILES string of the molecule is COc1ccc(-c2cc(=O)c3c(O)cc(OC4OC(COC5OC(C)C(O)C(OC(=O)CC(C)C)C5O)CC(O)C4O)cc3o2)cc1. The lowest BCUT2D eigenvalue weighted by Gasteiger charge is -2.42. The Labute approximate surface area is 270 Å². The zero-order valence-electron chi connectivity index (χ0n) is 26.3. The highest BCUT2D eigenvalue weighted by molar-refractivity contribution is 5.86. The van der Waals surface area contributed by atoms with Crippen LogP contribution in [0.25, 0.3) is 22.3 Å². The molecule has 47 heavy (non-hydrogen) atoms. The molecule has 0 radical (unpaired) electrons. The maximum Gasteiger partial charge on any atom is 0.306 e. The number of benzene rings is 2. The molecule has 1 aromatic heterocycles. The largest absolute Gasteiger partial charge is 0.507 e. The second kappa shape index (κ2) is 14.6. The first kappa shape index (κ1) is 34.6. The van der Waals surface area contributed by atoms with Gasteiger partial charge in [-0.25, -0.2) is 0 Å². The van der Waals surface area contributed by atoms with Gasteiger partial charge in [0, 0.05) is 36.6 Å². The first-order valence-electron chi connectivity index (χ1n) is 15.3. The molecular formula is C33H40O14. The van der Waals surface area contributed by atoms with Crippen LogP contribution < -0.4 is 14.9 Å². The van der Waals surface area contributed by atoms with Crippen LogP contribution in [-0.4, -0.2) is 101 Å². The third kappa shape index (κ3) is 7.87. The number of aromatic hydroxyl groups is 1. The second-order valence-corrected chi connectivity index (χ2v) is 12.1. The Balaban J connectivity index is 1.28. The molecular weight excluding hydrogens is 620 g/mol. The van der Waals surface area contributed by atoms with Crippen molar-refractivity contribution in [2.45, 2.75) is 88.9 Å². The van der Waals surface area contributed by atoms with Gasteiger partial charge in [-0.3, -0.25) is 9.59 Å². The van der Waals surface area contributed by atoms with Crippen LogP contribution in [-0.2, 0) is 23.7 Å². The highest BCUT2D eigenvalue weighted by Crippen LogP contribution is 2.34. The summed E-state index contributed by atoms with van der Waals surface area (Å²) in [6.45, 7) is 4.96. The summed E-state index contributed by atoms with van der Waals surface area (Å²) in [5, 5.41) is 53.1. The van der Waals surface area contributed by atoms with E-state index in [1.807, 2.05) is 13.8 Å². The first-order chi connectivity index (χ1) is 22.3. The lowest BCUT2D eigenvalue weighted by Crippen LogP contribution is -2.59. The number of carbonyl (C=O) groups excluding carboxylic acids is 1. The summed E-state index contributed by atoms with van der Waals surface area (Å²) in [4.78, 5) is 25.1. The Morgan fingerprint density at radius 2 is 1.68 bits per heavy atom. The molecule has 5 rings (SSSR count). The smallest absolute Gasteiger partial charge is 0.306 e. The maximum absolute atomic E-state index is 12.9. The molecule has 9 unspecified atom stereocenters. The van der Waals surface area contributed by atoms with Gasteiger partial charge in [-0.05, 0) is 37.1 Å². The maximum atomic E-state index is 12.9. The molecule has 2 fully saturated rings. The number of hydrogen-bond acceptors (Lipinski definition) is 14. The van der Waals surface area contributed by atoms with Crippen LogP contribution in [0.3, 0.4) is 0 Å². The van der Waals surface area contributed by atoms with Crippen molar-refractivity contribution in [3.63, 3.8) is 0 Å². The van der Waals surface area contributed by atoms with Gasteiger partial charge in [-0.2, -0.15) is 0 Å². The van der Waals surface area contributed by atoms with Crippen LogP contribution in [0, 0.1) is 5.92 Å². The second-order valence-electron chi connectivity index (χ2n) is 12.1. The van der Waals surface area contributed by atoms with Crippen molar-refractivity contribution < 1.29 is 63.2 Å². The third-order valence-corrected chi connectivity index (χ3v) is 7.98. The van der Waals surface area contributed by atoms with Gasteiger partial charge < -0.3 is 58.4 Å². The molecule has 3 heterocycles.